The minimum atomic E-state index is -0.317. The maximum Gasteiger partial charge on any atom is 0.223 e. The van der Waals surface area contributed by atoms with Gasteiger partial charge in [-0.2, -0.15) is 9.97 Å². The van der Waals surface area contributed by atoms with Gasteiger partial charge in [-0.3, -0.25) is 0 Å². The molecule has 82 valence electrons. The Bertz CT molecular complexity index is 332. The van der Waals surface area contributed by atoms with Crippen molar-refractivity contribution in [1.82, 2.24) is 9.97 Å². The van der Waals surface area contributed by atoms with Gasteiger partial charge < -0.3 is 21.9 Å². The van der Waals surface area contributed by atoms with Crippen molar-refractivity contribution in [3.05, 3.63) is 6.07 Å². The van der Waals surface area contributed by atoms with Crippen LogP contribution in [-0.4, -0.2) is 27.7 Å². The number of aliphatic hydroxyl groups excluding tert-OH is 1. The van der Waals surface area contributed by atoms with Crippen LogP contribution in [0.3, 0.4) is 0 Å². The van der Waals surface area contributed by atoms with Gasteiger partial charge >= 0.3 is 0 Å². The van der Waals surface area contributed by atoms with Gasteiger partial charge in [0.15, 0.2) is 0 Å². The summed E-state index contributed by atoms with van der Waals surface area (Å²) in [7, 11) is 0. The summed E-state index contributed by atoms with van der Waals surface area (Å²) in [5.74, 6) is 1.46. The summed E-state index contributed by atoms with van der Waals surface area (Å²) in [4.78, 5) is 7.70. The molecule has 1 aromatic heterocycles. The summed E-state index contributed by atoms with van der Waals surface area (Å²) < 4.78 is 0. The number of aliphatic hydroxyl groups is 1. The van der Waals surface area contributed by atoms with E-state index < -0.39 is 0 Å². The molecule has 1 heterocycles. The van der Waals surface area contributed by atoms with Gasteiger partial charge in [-0.25, -0.2) is 0 Å². The van der Waals surface area contributed by atoms with E-state index in [0.717, 1.165) is 12.8 Å². The van der Waals surface area contributed by atoms with Crippen molar-refractivity contribution in [1.29, 1.82) is 0 Å². The Morgan fingerprint density at radius 3 is 2.80 bits per heavy atom. The summed E-state index contributed by atoms with van der Waals surface area (Å²) >= 11 is 0. The molecule has 6 nitrogen and oxygen atoms in total. The number of hydrogen-bond acceptors (Lipinski definition) is 6. The molecule has 1 aromatic rings. The van der Waals surface area contributed by atoms with Crippen LogP contribution >= 0.6 is 0 Å². The zero-order chi connectivity index (χ0) is 10.8. The predicted octanol–water partition coefficient (Wildman–Crippen LogP) is -0.176. The van der Waals surface area contributed by atoms with Crippen LogP contribution in [0.15, 0.2) is 6.07 Å². The molecule has 0 saturated heterocycles. The van der Waals surface area contributed by atoms with Gasteiger partial charge in [0.1, 0.15) is 11.6 Å². The van der Waals surface area contributed by atoms with Gasteiger partial charge in [-0.05, 0) is 18.8 Å². The van der Waals surface area contributed by atoms with E-state index in [0.29, 0.717) is 24.1 Å². The minimum absolute atomic E-state index is 0.137. The molecule has 1 saturated carbocycles. The highest BCUT2D eigenvalue weighted by atomic mass is 16.3. The molecule has 1 aliphatic rings. The van der Waals surface area contributed by atoms with Gasteiger partial charge in [0.2, 0.25) is 5.95 Å². The Morgan fingerprint density at radius 2 is 2.20 bits per heavy atom. The summed E-state index contributed by atoms with van der Waals surface area (Å²) in [5.41, 5.74) is 10.9. The van der Waals surface area contributed by atoms with Gasteiger partial charge in [-0.15, -0.1) is 0 Å². The molecule has 15 heavy (non-hydrogen) atoms. The molecule has 1 unspecified atom stereocenters. The average molecular weight is 209 g/mol. The van der Waals surface area contributed by atoms with Crippen LogP contribution in [0, 0.1) is 5.92 Å². The van der Waals surface area contributed by atoms with Gasteiger partial charge in [0.25, 0.3) is 0 Å². The number of nitrogens with zero attached hydrogens (tertiary/aromatic N) is 2. The quantitative estimate of drug-likeness (QED) is 0.547. The summed E-state index contributed by atoms with van der Waals surface area (Å²) in [6.45, 7) is 0.473. The number of rotatable bonds is 4. The van der Waals surface area contributed by atoms with Crippen molar-refractivity contribution in [2.75, 3.05) is 23.3 Å². The average Bonchev–Trinajstić information content (AvgIpc) is 2.95. The zero-order valence-corrected chi connectivity index (χ0v) is 8.35. The normalized spacial score (nSPS) is 17.4. The topological polar surface area (TPSA) is 110 Å². The lowest BCUT2D eigenvalue weighted by Gasteiger charge is -2.11. The second-order valence-corrected chi connectivity index (χ2v) is 3.82. The fourth-order valence-electron chi connectivity index (χ4n) is 1.43. The van der Waals surface area contributed by atoms with Crippen molar-refractivity contribution in [2.24, 2.45) is 5.92 Å². The maximum absolute atomic E-state index is 9.62. The van der Waals surface area contributed by atoms with Gasteiger partial charge in [0, 0.05) is 12.6 Å². The number of nitrogens with one attached hydrogen (secondary N) is 1. The van der Waals surface area contributed by atoms with Crippen LogP contribution in [0.25, 0.3) is 0 Å². The van der Waals surface area contributed by atoms with Crippen molar-refractivity contribution in [2.45, 2.75) is 18.9 Å². The minimum Gasteiger partial charge on any atom is -0.391 e. The van der Waals surface area contributed by atoms with Crippen molar-refractivity contribution in [3.63, 3.8) is 0 Å². The lowest BCUT2D eigenvalue weighted by Crippen LogP contribution is -2.22. The summed E-state index contributed by atoms with van der Waals surface area (Å²) in [5, 5.41) is 12.6. The van der Waals surface area contributed by atoms with E-state index in [2.05, 4.69) is 15.3 Å². The first kappa shape index (κ1) is 9.97. The van der Waals surface area contributed by atoms with E-state index in [4.69, 9.17) is 11.5 Å². The molecule has 0 radical (unpaired) electrons. The lowest BCUT2D eigenvalue weighted by atomic mass is 10.2. The molecule has 1 atom stereocenters. The number of nitrogens with two attached hydrogens (primary N) is 2. The third kappa shape index (κ3) is 2.69. The Hall–Kier alpha value is -1.56. The van der Waals surface area contributed by atoms with Crippen LogP contribution in [0.2, 0.25) is 0 Å². The van der Waals surface area contributed by atoms with E-state index in [1.54, 1.807) is 6.07 Å². The number of hydrogen-bond donors (Lipinski definition) is 4. The van der Waals surface area contributed by atoms with Crippen molar-refractivity contribution < 1.29 is 5.11 Å². The van der Waals surface area contributed by atoms with Gasteiger partial charge in [0.05, 0.1) is 6.10 Å². The first-order chi connectivity index (χ1) is 7.15. The first-order valence-electron chi connectivity index (χ1n) is 4.97. The highest BCUT2D eigenvalue weighted by Gasteiger charge is 2.29. The zero-order valence-electron chi connectivity index (χ0n) is 8.35. The smallest absolute Gasteiger partial charge is 0.223 e. The second kappa shape index (κ2) is 3.90. The lowest BCUT2D eigenvalue weighted by molar-refractivity contribution is 0.164. The molecular weight excluding hydrogens is 194 g/mol. The van der Waals surface area contributed by atoms with Crippen LogP contribution in [-0.2, 0) is 0 Å². The van der Waals surface area contributed by atoms with E-state index >= 15 is 0 Å². The molecule has 0 spiro atoms. The van der Waals surface area contributed by atoms with Crippen LogP contribution in [0.1, 0.15) is 12.8 Å². The summed E-state index contributed by atoms with van der Waals surface area (Å²) in [6.07, 6.45) is 1.90. The van der Waals surface area contributed by atoms with E-state index in [-0.39, 0.29) is 12.1 Å². The molecular formula is C9H15N5O. The molecule has 1 aliphatic carbocycles. The molecule has 2 rings (SSSR count). The highest BCUT2D eigenvalue weighted by Crippen LogP contribution is 2.32. The molecule has 6 N–H and O–H groups in total. The van der Waals surface area contributed by atoms with E-state index in [9.17, 15) is 5.11 Å². The van der Waals surface area contributed by atoms with E-state index in [1.165, 1.54) is 0 Å². The third-order valence-corrected chi connectivity index (χ3v) is 2.42. The van der Waals surface area contributed by atoms with Crippen LogP contribution < -0.4 is 16.8 Å². The summed E-state index contributed by atoms with van der Waals surface area (Å²) in [6, 6.07) is 1.59. The maximum atomic E-state index is 9.62. The monoisotopic (exact) mass is 209 g/mol. The Labute approximate surface area is 87.7 Å². The van der Waals surface area contributed by atoms with Crippen molar-refractivity contribution in [3.8, 4) is 0 Å². The number of anilines is 3. The van der Waals surface area contributed by atoms with Gasteiger partial charge in [-0.1, -0.05) is 0 Å². The molecule has 0 aromatic carbocycles. The first-order valence-corrected chi connectivity index (χ1v) is 4.97. The second-order valence-electron chi connectivity index (χ2n) is 3.82. The molecule has 0 aliphatic heterocycles. The fraction of sp³-hybridized carbons (Fsp3) is 0.556. The molecule has 0 bridgehead atoms. The number of nitrogen functional groups attached to an aromatic ring is 2. The Balaban J connectivity index is 1.91. The van der Waals surface area contributed by atoms with Crippen molar-refractivity contribution >= 4 is 17.6 Å². The van der Waals surface area contributed by atoms with E-state index in [1.807, 2.05) is 0 Å². The van der Waals surface area contributed by atoms with Crippen LogP contribution in [0.5, 0.6) is 0 Å². The third-order valence-electron chi connectivity index (χ3n) is 2.42. The van der Waals surface area contributed by atoms with Crippen LogP contribution in [0.4, 0.5) is 17.6 Å². The molecule has 1 fully saturated rings. The largest absolute Gasteiger partial charge is 0.391 e. The molecule has 0 amide bonds. The standard InChI is InChI=1S/C9H15N5O/c10-7-3-8(14-9(11)13-7)12-4-6(15)5-1-2-5/h3,5-6,15H,1-2,4H2,(H5,10,11,12,13,14). The number of aromatic nitrogens is 2. The Morgan fingerprint density at radius 1 is 1.47 bits per heavy atom. The fourth-order valence-corrected chi connectivity index (χ4v) is 1.43. The highest BCUT2D eigenvalue weighted by molar-refractivity contribution is 5.48. The predicted molar refractivity (Wildman–Crippen MR) is 58.1 cm³/mol. The molecule has 6 heteroatoms. The Kier molecular flexibility index (Phi) is 2.59. The SMILES string of the molecule is Nc1cc(NCC(O)C2CC2)nc(N)n1.